The van der Waals surface area contributed by atoms with E-state index in [0.717, 1.165) is 16.7 Å². The zero-order chi connectivity index (χ0) is 20.1. The molecule has 5 nitrogen and oxygen atoms in total. The topological polar surface area (TPSA) is 71.3 Å². The van der Waals surface area contributed by atoms with Gasteiger partial charge in [0.25, 0.3) is 11.8 Å². The fourth-order valence-electron chi connectivity index (χ4n) is 2.59. The van der Waals surface area contributed by atoms with Crippen molar-refractivity contribution in [1.82, 2.24) is 5.32 Å². The lowest BCUT2D eigenvalue weighted by Crippen LogP contribution is -2.30. The average molecular weight is 374 g/mol. The summed E-state index contributed by atoms with van der Waals surface area (Å²) in [5.41, 5.74) is 4.41. The normalized spacial score (nSPS) is 11.2. The Morgan fingerprint density at radius 1 is 0.929 bits per heavy atom. The van der Waals surface area contributed by atoms with E-state index in [1.807, 2.05) is 51.1 Å². The molecule has 0 unspecified atom stereocenters. The fraction of sp³-hybridized carbons (Fsp3) is 0.130. The number of benzene rings is 2. The molecule has 2 aromatic carbocycles. The van der Waals surface area contributed by atoms with Gasteiger partial charge in [0, 0.05) is 17.3 Å². The number of amides is 2. The highest BCUT2D eigenvalue weighted by atomic mass is 16.3. The first-order chi connectivity index (χ1) is 13.4. The summed E-state index contributed by atoms with van der Waals surface area (Å²) in [6.45, 7) is 5.89. The Morgan fingerprint density at radius 3 is 2.32 bits per heavy atom. The van der Waals surface area contributed by atoms with Crippen LogP contribution in [0.4, 0.5) is 5.69 Å². The smallest absolute Gasteiger partial charge is 0.272 e. The van der Waals surface area contributed by atoms with Crippen LogP contribution in [0.2, 0.25) is 0 Å². The summed E-state index contributed by atoms with van der Waals surface area (Å²) in [7, 11) is 0. The summed E-state index contributed by atoms with van der Waals surface area (Å²) < 4.78 is 5.29. The average Bonchev–Trinajstić information content (AvgIpc) is 3.18. The van der Waals surface area contributed by atoms with Crippen LogP contribution in [-0.2, 0) is 4.79 Å². The first-order valence-corrected chi connectivity index (χ1v) is 8.94. The second-order valence-electron chi connectivity index (χ2n) is 6.65. The van der Waals surface area contributed by atoms with Gasteiger partial charge in [0.05, 0.1) is 6.26 Å². The molecule has 0 saturated heterocycles. The molecule has 0 saturated carbocycles. The van der Waals surface area contributed by atoms with Crippen LogP contribution in [0.15, 0.2) is 71.0 Å². The van der Waals surface area contributed by atoms with Gasteiger partial charge in [0.15, 0.2) is 0 Å². The van der Waals surface area contributed by atoms with Crippen LogP contribution in [0.5, 0.6) is 0 Å². The number of nitrogens with one attached hydrogen (secondary N) is 2. The molecule has 0 aliphatic rings. The van der Waals surface area contributed by atoms with Crippen LogP contribution < -0.4 is 10.6 Å². The van der Waals surface area contributed by atoms with Gasteiger partial charge < -0.3 is 15.1 Å². The van der Waals surface area contributed by atoms with E-state index in [1.165, 1.54) is 12.3 Å². The number of carbonyl (C=O) groups excluding carboxylic acids is 2. The van der Waals surface area contributed by atoms with E-state index >= 15 is 0 Å². The van der Waals surface area contributed by atoms with E-state index in [4.69, 9.17) is 4.42 Å². The molecule has 0 spiro atoms. The summed E-state index contributed by atoms with van der Waals surface area (Å²) >= 11 is 0. The second-order valence-corrected chi connectivity index (χ2v) is 6.65. The molecule has 0 aliphatic carbocycles. The van der Waals surface area contributed by atoms with Crippen LogP contribution in [0.25, 0.3) is 6.08 Å². The van der Waals surface area contributed by atoms with Gasteiger partial charge in [-0.05, 0) is 68.3 Å². The van der Waals surface area contributed by atoms with Gasteiger partial charge in [-0.25, -0.2) is 0 Å². The lowest BCUT2D eigenvalue weighted by atomic mass is 10.1. The van der Waals surface area contributed by atoms with Crippen molar-refractivity contribution in [2.24, 2.45) is 0 Å². The molecule has 5 heteroatoms. The van der Waals surface area contributed by atoms with E-state index in [9.17, 15) is 9.59 Å². The first kappa shape index (κ1) is 19.2. The van der Waals surface area contributed by atoms with Crippen molar-refractivity contribution < 1.29 is 14.0 Å². The Labute approximate surface area is 164 Å². The van der Waals surface area contributed by atoms with E-state index < -0.39 is 5.91 Å². The number of anilines is 1. The quantitative estimate of drug-likeness (QED) is 0.641. The number of furan rings is 1. The molecule has 2 N–H and O–H groups in total. The summed E-state index contributed by atoms with van der Waals surface area (Å²) in [5, 5.41) is 5.50. The van der Waals surface area contributed by atoms with E-state index in [-0.39, 0.29) is 11.6 Å². The molecule has 0 aliphatic heterocycles. The minimum atomic E-state index is -0.433. The lowest BCUT2D eigenvalue weighted by molar-refractivity contribution is -0.113. The van der Waals surface area contributed by atoms with Crippen molar-refractivity contribution in [3.8, 4) is 0 Å². The zero-order valence-corrected chi connectivity index (χ0v) is 16.1. The van der Waals surface area contributed by atoms with Crippen LogP contribution in [0, 0.1) is 20.8 Å². The maximum absolute atomic E-state index is 12.8. The first-order valence-electron chi connectivity index (χ1n) is 8.94. The molecule has 3 aromatic rings. The molecule has 0 radical (unpaired) electrons. The number of aryl methyl sites for hydroxylation is 3. The molecule has 142 valence electrons. The summed E-state index contributed by atoms with van der Waals surface area (Å²) in [6, 6.07) is 16.3. The minimum absolute atomic E-state index is 0.0961. The molecular weight excluding hydrogens is 352 g/mol. The third kappa shape index (κ3) is 4.76. The molecule has 0 bridgehead atoms. The van der Waals surface area contributed by atoms with Crippen LogP contribution in [0.3, 0.4) is 0 Å². The predicted octanol–water partition coefficient (Wildman–Crippen LogP) is 4.61. The number of hydrogen-bond donors (Lipinski definition) is 2. The van der Waals surface area contributed by atoms with Gasteiger partial charge in [0.2, 0.25) is 0 Å². The molecule has 1 heterocycles. The number of carbonyl (C=O) groups is 2. The highest BCUT2D eigenvalue weighted by Crippen LogP contribution is 2.14. The maximum Gasteiger partial charge on any atom is 0.272 e. The van der Waals surface area contributed by atoms with Crippen molar-refractivity contribution in [1.29, 1.82) is 0 Å². The van der Waals surface area contributed by atoms with E-state index in [0.29, 0.717) is 17.0 Å². The molecule has 1 aromatic heterocycles. The molecule has 0 fully saturated rings. The number of rotatable bonds is 5. The van der Waals surface area contributed by atoms with Gasteiger partial charge in [-0.1, -0.05) is 23.8 Å². The van der Waals surface area contributed by atoms with Crippen LogP contribution >= 0.6 is 0 Å². The molecule has 3 rings (SSSR count). The van der Waals surface area contributed by atoms with E-state index in [2.05, 4.69) is 10.6 Å². The standard InChI is InChI=1S/C23H22N2O3/c1-15-6-10-19(11-7-15)24-23(27)21(14-20-5-4-12-28-20)25-22(26)18-9-8-16(2)17(3)13-18/h4-14H,1-3H3,(H,24,27)(H,25,26)/b21-14-. The van der Waals surface area contributed by atoms with Gasteiger partial charge >= 0.3 is 0 Å². The zero-order valence-electron chi connectivity index (χ0n) is 16.1. The van der Waals surface area contributed by atoms with Crippen molar-refractivity contribution in [3.05, 3.63) is 94.6 Å². The van der Waals surface area contributed by atoms with Crippen LogP contribution in [-0.4, -0.2) is 11.8 Å². The minimum Gasteiger partial charge on any atom is -0.465 e. The fourth-order valence-corrected chi connectivity index (χ4v) is 2.59. The van der Waals surface area contributed by atoms with Gasteiger partial charge in [-0.15, -0.1) is 0 Å². The monoisotopic (exact) mass is 374 g/mol. The van der Waals surface area contributed by atoms with Crippen molar-refractivity contribution >= 4 is 23.6 Å². The third-order valence-corrected chi connectivity index (χ3v) is 4.40. The SMILES string of the molecule is Cc1ccc(NC(=O)/C(=C/c2ccco2)NC(=O)c2ccc(C)c(C)c2)cc1. The summed E-state index contributed by atoms with van der Waals surface area (Å²) in [6.07, 6.45) is 3.01. The molecule has 28 heavy (non-hydrogen) atoms. The molecule has 0 atom stereocenters. The van der Waals surface area contributed by atoms with Crippen molar-refractivity contribution in [2.75, 3.05) is 5.32 Å². The van der Waals surface area contributed by atoms with Gasteiger partial charge in [-0.2, -0.15) is 0 Å². The predicted molar refractivity (Wildman–Crippen MR) is 110 cm³/mol. The Kier molecular flexibility index (Phi) is 5.75. The highest BCUT2D eigenvalue weighted by Gasteiger charge is 2.16. The largest absolute Gasteiger partial charge is 0.465 e. The highest BCUT2D eigenvalue weighted by molar-refractivity contribution is 6.10. The van der Waals surface area contributed by atoms with Crippen molar-refractivity contribution in [3.63, 3.8) is 0 Å². The van der Waals surface area contributed by atoms with E-state index in [1.54, 1.807) is 24.3 Å². The Balaban J connectivity index is 1.84. The third-order valence-electron chi connectivity index (χ3n) is 4.40. The Morgan fingerprint density at radius 2 is 1.68 bits per heavy atom. The Hall–Kier alpha value is -3.60. The molecule has 2 amide bonds. The van der Waals surface area contributed by atoms with Gasteiger partial charge in [0.1, 0.15) is 11.5 Å². The number of hydrogen-bond acceptors (Lipinski definition) is 3. The van der Waals surface area contributed by atoms with Gasteiger partial charge in [-0.3, -0.25) is 9.59 Å². The Bertz CT molecular complexity index is 1020. The second kappa shape index (κ2) is 8.39. The van der Waals surface area contributed by atoms with Crippen LogP contribution in [0.1, 0.15) is 32.8 Å². The van der Waals surface area contributed by atoms with Crippen molar-refractivity contribution in [2.45, 2.75) is 20.8 Å². The molecular formula is C23H22N2O3. The lowest BCUT2D eigenvalue weighted by Gasteiger charge is -2.12. The summed E-state index contributed by atoms with van der Waals surface area (Å²) in [4.78, 5) is 25.5. The maximum atomic E-state index is 12.8. The summed E-state index contributed by atoms with van der Waals surface area (Å²) in [5.74, 6) is -0.327.